The Kier molecular flexibility index (Phi) is 7.00. The second-order valence-corrected chi connectivity index (χ2v) is 8.78. The van der Waals surface area contributed by atoms with Crippen molar-refractivity contribution in [2.24, 2.45) is 0 Å². The highest BCUT2D eigenvalue weighted by molar-refractivity contribution is 6.21. The Labute approximate surface area is 217 Å². The summed E-state index contributed by atoms with van der Waals surface area (Å²) >= 11 is 0. The molecule has 3 amide bonds. The molecule has 1 unspecified atom stereocenters. The molecule has 2 aliphatic rings. The van der Waals surface area contributed by atoms with Crippen LogP contribution in [0.4, 0.5) is 11.4 Å². The summed E-state index contributed by atoms with van der Waals surface area (Å²) in [4.78, 5) is 49.2. The van der Waals surface area contributed by atoms with Crippen LogP contribution >= 0.6 is 0 Å². The summed E-state index contributed by atoms with van der Waals surface area (Å²) in [5.74, 6) is 0.102. The van der Waals surface area contributed by atoms with Crippen LogP contribution in [0.1, 0.15) is 33.6 Å². The summed E-state index contributed by atoms with van der Waals surface area (Å²) in [7, 11) is 0. The van der Waals surface area contributed by atoms with Gasteiger partial charge in [0.2, 0.25) is 0 Å². The molecule has 11 heteroatoms. The average Bonchev–Trinajstić information content (AvgIpc) is 3.52. The van der Waals surface area contributed by atoms with E-state index in [9.17, 15) is 24.5 Å². The lowest BCUT2D eigenvalue weighted by Gasteiger charge is -2.17. The summed E-state index contributed by atoms with van der Waals surface area (Å²) < 4.78 is 16.8. The number of ether oxygens (including phenoxy) is 3. The number of hydrogen-bond acceptors (Lipinski definition) is 8. The van der Waals surface area contributed by atoms with Crippen molar-refractivity contribution in [3.05, 3.63) is 88.0 Å². The monoisotopic (exact) mass is 517 g/mol. The molecule has 0 aliphatic carbocycles. The summed E-state index contributed by atoms with van der Waals surface area (Å²) in [6.45, 7) is 0.612. The number of imide groups is 1. The lowest BCUT2D eigenvalue weighted by molar-refractivity contribution is -0.384. The number of carbonyl (C=O) groups excluding carboxylic acids is 3. The predicted octanol–water partition coefficient (Wildman–Crippen LogP) is 4.18. The van der Waals surface area contributed by atoms with Gasteiger partial charge in [-0.05, 0) is 67.4 Å². The summed E-state index contributed by atoms with van der Waals surface area (Å²) in [5.41, 5.74) is 1.08. The molecule has 0 saturated carbocycles. The van der Waals surface area contributed by atoms with Gasteiger partial charge in [-0.1, -0.05) is 0 Å². The first-order valence-corrected chi connectivity index (χ1v) is 11.9. The standard InChI is InChI=1S/C27H23N3O8/c31-25(16-37-19-9-5-18(6-10-19)30(34)35)28-17-3-7-20(8-4-17)38-21-11-12-23-24(14-21)27(33)29(26(23)32)15-22-2-1-13-36-22/h3-12,14,22H,1-2,13,15-16H2,(H,28,31). The molecule has 2 aliphatic heterocycles. The van der Waals surface area contributed by atoms with E-state index < -0.39 is 10.8 Å². The topological polar surface area (TPSA) is 137 Å². The van der Waals surface area contributed by atoms with Gasteiger partial charge >= 0.3 is 0 Å². The molecule has 0 aromatic heterocycles. The molecule has 38 heavy (non-hydrogen) atoms. The second-order valence-electron chi connectivity index (χ2n) is 8.78. The van der Waals surface area contributed by atoms with Gasteiger partial charge in [0.25, 0.3) is 23.4 Å². The molecular weight excluding hydrogens is 494 g/mol. The SMILES string of the molecule is O=C(COc1ccc([N+](=O)[O-])cc1)Nc1ccc(Oc2ccc3c(c2)C(=O)N(CC2CCCO2)C3=O)cc1. The predicted molar refractivity (Wildman–Crippen MR) is 135 cm³/mol. The van der Waals surface area contributed by atoms with Crippen molar-refractivity contribution in [3.63, 3.8) is 0 Å². The normalized spacial score (nSPS) is 16.3. The van der Waals surface area contributed by atoms with Crippen LogP contribution in [0.5, 0.6) is 17.2 Å². The number of nitrogens with zero attached hydrogens (tertiary/aromatic N) is 2. The van der Waals surface area contributed by atoms with E-state index in [2.05, 4.69) is 5.32 Å². The molecular formula is C27H23N3O8. The Morgan fingerprint density at radius 1 is 0.974 bits per heavy atom. The summed E-state index contributed by atoms with van der Waals surface area (Å²) in [5, 5.41) is 13.4. The molecule has 3 aromatic rings. The zero-order valence-corrected chi connectivity index (χ0v) is 20.1. The van der Waals surface area contributed by atoms with Gasteiger partial charge < -0.3 is 19.5 Å². The number of nitro groups is 1. The van der Waals surface area contributed by atoms with Gasteiger partial charge in [-0.25, -0.2) is 0 Å². The van der Waals surface area contributed by atoms with Crippen LogP contribution in [0.3, 0.4) is 0 Å². The minimum Gasteiger partial charge on any atom is -0.484 e. The molecule has 1 atom stereocenters. The van der Waals surface area contributed by atoms with E-state index >= 15 is 0 Å². The molecule has 1 saturated heterocycles. The maximum Gasteiger partial charge on any atom is 0.269 e. The lowest BCUT2D eigenvalue weighted by atomic mass is 10.1. The smallest absolute Gasteiger partial charge is 0.269 e. The van der Waals surface area contributed by atoms with Crippen molar-refractivity contribution >= 4 is 29.1 Å². The van der Waals surface area contributed by atoms with Gasteiger partial charge in [-0.15, -0.1) is 0 Å². The molecule has 0 spiro atoms. The first kappa shape index (κ1) is 24.9. The fourth-order valence-electron chi connectivity index (χ4n) is 4.24. The third-order valence-corrected chi connectivity index (χ3v) is 6.14. The molecule has 5 rings (SSSR count). The van der Waals surface area contributed by atoms with Crippen molar-refractivity contribution in [2.75, 3.05) is 25.1 Å². The van der Waals surface area contributed by atoms with Crippen LogP contribution in [0, 0.1) is 10.1 Å². The van der Waals surface area contributed by atoms with E-state index in [1.807, 2.05) is 0 Å². The molecule has 0 bridgehead atoms. The summed E-state index contributed by atoms with van der Waals surface area (Å²) in [6.07, 6.45) is 1.62. The molecule has 0 radical (unpaired) electrons. The highest BCUT2D eigenvalue weighted by atomic mass is 16.6. The Morgan fingerprint density at radius 3 is 2.34 bits per heavy atom. The van der Waals surface area contributed by atoms with Crippen molar-refractivity contribution in [1.29, 1.82) is 0 Å². The van der Waals surface area contributed by atoms with Gasteiger partial charge in [-0.2, -0.15) is 0 Å². The van der Waals surface area contributed by atoms with Gasteiger partial charge in [0, 0.05) is 24.4 Å². The molecule has 1 fully saturated rings. The van der Waals surface area contributed by atoms with Gasteiger partial charge in [-0.3, -0.25) is 29.4 Å². The number of anilines is 1. The highest BCUT2D eigenvalue weighted by Crippen LogP contribution is 2.31. The summed E-state index contributed by atoms with van der Waals surface area (Å²) in [6, 6.07) is 16.8. The van der Waals surface area contributed by atoms with Crippen LogP contribution in [0.2, 0.25) is 0 Å². The van der Waals surface area contributed by atoms with Crippen molar-refractivity contribution in [1.82, 2.24) is 4.90 Å². The van der Waals surface area contributed by atoms with E-state index in [4.69, 9.17) is 14.2 Å². The van der Waals surface area contributed by atoms with Gasteiger partial charge in [0.15, 0.2) is 6.61 Å². The fourth-order valence-corrected chi connectivity index (χ4v) is 4.24. The van der Waals surface area contributed by atoms with Crippen LogP contribution < -0.4 is 14.8 Å². The minimum atomic E-state index is -0.518. The van der Waals surface area contributed by atoms with Crippen molar-refractivity contribution < 1.29 is 33.5 Å². The Bertz CT molecular complexity index is 1380. The van der Waals surface area contributed by atoms with Crippen LogP contribution in [0.25, 0.3) is 0 Å². The molecule has 194 valence electrons. The zero-order valence-electron chi connectivity index (χ0n) is 20.1. The number of non-ortho nitro benzene ring substituents is 1. The van der Waals surface area contributed by atoms with Crippen LogP contribution in [0.15, 0.2) is 66.7 Å². The molecule has 1 N–H and O–H groups in total. The third-order valence-electron chi connectivity index (χ3n) is 6.14. The number of rotatable bonds is 9. The number of fused-ring (bicyclic) bond motifs is 1. The van der Waals surface area contributed by atoms with E-state index in [1.165, 1.54) is 29.2 Å². The van der Waals surface area contributed by atoms with Crippen molar-refractivity contribution in [3.8, 4) is 17.2 Å². The Hall–Kier alpha value is -4.77. The molecule has 2 heterocycles. The number of hydrogen-bond donors (Lipinski definition) is 1. The highest BCUT2D eigenvalue weighted by Gasteiger charge is 2.37. The first-order valence-electron chi connectivity index (χ1n) is 11.9. The zero-order chi connectivity index (χ0) is 26.6. The Balaban J connectivity index is 1.15. The van der Waals surface area contributed by atoms with Gasteiger partial charge in [0.05, 0.1) is 28.7 Å². The number of benzene rings is 3. The van der Waals surface area contributed by atoms with Crippen LogP contribution in [-0.2, 0) is 9.53 Å². The Morgan fingerprint density at radius 2 is 1.66 bits per heavy atom. The van der Waals surface area contributed by atoms with Crippen LogP contribution in [-0.4, -0.2) is 53.4 Å². The number of nitrogens with one attached hydrogen (secondary N) is 1. The molecule has 11 nitrogen and oxygen atoms in total. The largest absolute Gasteiger partial charge is 0.484 e. The van der Waals surface area contributed by atoms with E-state index in [1.54, 1.807) is 42.5 Å². The maximum atomic E-state index is 12.8. The van der Waals surface area contributed by atoms with E-state index in [-0.39, 0.29) is 36.8 Å². The first-order chi connectivity index (χ1) is 18.4. The molecule has 3 aromatic carbocycles. The minimum absolute atomic E-state index is 0.0690. The van der Waals surface area contributed by atoms with E-state index in [0.717, 1.165) is 12.8 Å². The number of nitro benzene ring substituents is 1. The average molecular weight is 517 g/mol. The maximum absolute atomic E-state index is 12.8. The fraction of sp³-hybridized carbons (Fsp3) is 0.222. The third kappa shape index (κ3) is 5.47. The second kappa shape index (κ2) is 10.7. The lowest BCUT2D eigenvalue weighted by Crippen LogP contribution is -2.36. The number of amides is 3. The van der Waals surface area contributed by atoms with Crippen molar-refractivity contribution in [2.45, 2.75) is 18.9 Å². The van der Waals surface area contributed by atoms with Gasteiger partial charge in [0.1, 0.15) is 17.2 Å². The quantitative estimate of drug-likeness (QED) is 0.254. The van der Waals surface area contributed by atoms with E-state index in [0.29, 0.717) is 40.7 Å². The number of carbonyl (C=O) groups is 3.